The van der Waals surface area contributed by atoms with Crippen LogP contribution < -0.4 is 0 Å². The van der Waals surface area contributed by atoms with Crippen LogP contribution in [0.1, 0.15) is 37.8 Å². The molecule has 2 rings (SSSR count). The Kier molecular flexibility index (Phi) is 4.05. The molecule has 3 nitrogen and oxygen atoms in total. The van der Waals surface area contributed by atoms with Crippen LogP contribution in [0.5, 0.6) is 0 Å². The predicted molar refractivity (Wildman–Crippen MR) is 63.7 cm³/mol. The third-order valence-electron chi connectivity index (χ3n) is 3.25. The number of aromatic nitrogens is 2. The van der Waals surface area contributed by atoms with Gasteiger partial charge in [0.05, 0.1) is 12.3 Å². The molecule has 3 heteroatoms. The van der Waals surface area contributed by atoms with Crippen LogP contribution in [0.25, 0.3) is 6.08 Å². The quantitative estimate of drug-likeness (QED) is 0.847. The Labute approximate surface area is 96.3 Å². The van der Waals surface area contributed by atoms with Crippen molar-refractivity contribution in [2.45, 2.75) is 32.1 Å². The molecule has 1 aromatic rings. The molecule has 0 radical (unpaired) electrons. The monoisotopic (exact) mass is 218 g/mol. The molecule has 0 unspecified atom stereocenters. The Balaban J connectivity index is 2.12. The fourth-order valence-electron chi connectivity index (χ4n) is 2.34. The van der Waals surface area contributed by atoms with Gasteiger partial charge in [-0.25, -0.2) is 9.97 Å². The smallest absolute Gasteiger partial charge is 0.115 e. The highest BCUT2D eigenvalue weighted by Crippen LogP contribution is 2.30. The zero-order valence-corrected chi connectivity index (χ0v) is 9.47. The molecule has 1 aromatic heterocycles. The van der Waals surface area contributed by atoms with Crippen molar-refractivity contribution in [2.24, 2.45) is 5.92 Å². The molecule has 0 aromatic carbocycles. The number of rotatable bonds is 3. The lowest BCUT2D eigenvalue weighted by Gasteiger charge is -2.23. The zero-order valence-electron chi connectivity index (χ0n) is 9.47. The molecule has 0 saturated heterocycles. The van der Waals surface area contributed by atoms with Crippen LogP contribution in [0, 0.1) is 5.92 Å². The highest BCUT2D eigenvalue weighted by Gasteiger charge is 2.17. The Bertz CT molecular complexity index is 342. The van der Waals surface area contributed by atoms with E-state index in [1.54, 1.807) is 12.5 Å². The molecule has 0 atom stereocenters. The van der Waals surface area contributed by atoms with E-state index in [9.17, 15) is 5.11 Å². The van der Waals surface area contributed by atoms with Crippen molar-refractivity contribution < 1.29 is 5.11 Å². The van der Waals surface area contributed by atoms with Gasteiger partial charge in [-0.2, -0.15) is 0 Å². The third kappa shape index (κ3) is 2.89. The Morgan fingerprint density at radius 3 is 2.81 bits per heavy atom. The fourth-order valence-corrected chi connectivity index (χ4v) is 2.34. The summed E-state index contributed by atoms with van der Waals surface area (Å²) in [5, 5.41) is 9.43. The van der Waals surface area contributed by atoms with Crippen molar-refractivity contribution in [1.29, 1.82) is 0 Å². The number of hydrogen-bond acceptors (Lipinski definition) is 3. The third-order valence-corrected chi connectivity index (χ3v) is 3.25. The minimum Gasteiger partial charge on any atom is -0.392 e. The molecular formula is C13H18N2O. The van der Waals surface area contributed by atoms with Gasteiger partial charge in [0.25, 0.3) is 0 Å². The number of aliphatic hydroxyl groups is 1. The highest BCUT2D eigenvalue weighted by molar-refractivity contribution is 5.49. The molecule has 1 saturated carbocycles. The maximum Gasteiger partial charge on any atom is 0.115 e. The summed E-state index contributed by atoms with van der Waals surface area (Å²) >= 11 is 0. The SMILES string of the molecule is OCC(=Cc1ccncn1)C1CCCCC1. The van der Waals surface area contributed by atoms with E-state index in [4.69, 9.17) is 0 Å². The molecule has 16 heavy (non-hydrogen) atoms. The van der Waals surface area contributed by atoms with E-state index in [1.165, 1.54) is 32.1 Å². The van der Waals surface area contributed by atoms with Gasteiger partial charge in [-0.1, -0.05) is 19.3 Å². The van der Waals surface area contributed by atoms with Crippen LogP contribution in [-0.4, -0.2) is 21.7 Å². The van der Waals surface area contributed by atoms with Gasteiger partial charge in [0.15, 0.2) is 0 Å². The van der Waals surface area contributed by atoms with E-state index in [-0.39, 0.29) is 6.61 Å². The van der Waals surface area contributed by atoms with Crippen LogP contribution in [0.4, 0.5) is 0 Å². The van der Waals surface area contributed by atoms with Gasteiger partial charge in [0.1, 0.15) is 6.33 Å². The Morgan fingerprint density at radius 2 is 2.19 bits per heavy atom. The van der Waals surface area contributed by atoms with E-state index in [2.05, 4.69) is 9.97 Å². The summed E-state index contributed by atoms with van der Waals surface area (Å²) < 4.78 is 0. The van der Waals surface area contributed by atoms with E-state index >= 15 is 0 Å². The summed E-state index contributed by atoms with van der Waals surface area (Å²) in [7, 11) is 0. The standard InChI is InChI=1S/C13H18N2O/c16-9-12(11-4-2-1-3-5-11)8-13-6-7-14-10-15-13/h6-8,10-11,16H,1-5,9H2. The highest BCUT2D eigenvalue weighted by atomic mass is 16.3. The van der Waals surface area contributed by atoms with Gasteiger partial charge in [-0.05, 0) is 36.5 Å². The first-order chi connectivity index (χ1) is 7.90. The van der Waals surface area contributed by atoms with Crippen molar-refractivity contribution in [2.75, 3.05) is 6.61 Å². The summed E-state index contributed by atoms with van der Waals surface area (Å²) in [6, 6.07) is 1.87. The molecule has 86 valence electrons. The normalized spacial score (nSPS) is 18.7. The lowest BCUT2D eigenvalue weighted by Crippen LogP contribution is -2.11. The second kappa shape index (κ2) is 5.75. The largest absolute Gasteiger partial charge is 0.392 e. The number of hydrogen-bond donors (Lipinski definition) is 1. The van der Waals surface area contributed by atoms with E-state index in [0.717, 1.165) is 11.3 Å². The summed E-state index contributed by atoms with van der Waals surface area (Å²) in [4.78, 5) is 8.05. The summed E-state index contributed by atoms with van der Waals surface area (Å²) in [6.07, 6.45) is 11.6. The Morgan fingerprint density at radius 1 is 1.38 bits per heavy atom. The topological polar surface area (TPSA) is 46.0 Å². The van der Waals surface area contributed by atoms with Gasteiger partial charge in [-0.15, -0.1) is 0 Å². The molecule has 0 amide bonds. The van der Waals surface area contributed by atoms with Crippen LogP contribution in [-0.2, 0) is 0 Å². The van der Waals surface area contributed by atoms with Crippen LogP contribution in [0.15, 0.2) is 24.2 Å². The van der Waals surface area contributed by atoms with Crippen molar-refractivity contribution in [3.8, 4) is 0 Å². The molecule has 1 N–H and O–H groups in total. The van der Waals surface area contributed by atoms with Crippen LogP contribution >= 0.6 is 0 Å². The summed E-state index contributed by atoms with van der Waals surface area (Å²) in [6.45, 7) is 0.147. The number of aliphatic hydroxyl groups excluding tert-OH is 1. The lowest BCUT2D eigenvalue weighted by atomic mass is 9.83. The average Bonchev–Trinajstić information content (AvgIpc) is 2.38. The predicted octanol–water partition coefficient (Wildman–Crippen LogP) is 2.43. The van der Waals surface area contributed by atoms with Crippen LogP contribution in [0.3, 0.4) is 0 Å². The molecular weight excluding hydrogens is 200 g/mol. The first-order valence-corrected chi connectivity index (χ1v) is 5.97. The van der Waals surface area contributed by atoms with Gasteiger partial charge < -0.3 is 5.11 Å². The van der Waals surface area contributed by atoms with E-state index in [0.29, 0.717) is 5.92 Å². The minimum absolute atomic E-state index is 0.147. The molecule has 0 spiro atoms. The molecule has 0 bridgehead atoms. The van der Waals surface area contributed by atoms with Crippen molar-refractivity contribution in [3.63, 3.8) is 0 Å². The maximum absolute atomic E-state index is 9.43. The second-order valence-corrected chi connectivity index (χ2v) is 4.35. The summed E-state index contributed by atoms with van der Waals surface area (Å²) in [5.41, 5.74) is 2.02. The van der Waals surface area contributed by atoms with Gasteiger partial charge in [0.2, 0.25) is 0 Å². The van der Waals surface area contributed by atoms with Crippen molar-refractivity contribution in [1.82, 2.24) is 9.97 Å². The number of nitrogens with zero attached hydrogens (tertiary/aromatic N) is 2. The zero-order chi connectivity index (χ0) is 11.2. The molecule has 1 heterocycles. The van der Waals surface area contributed by atoms with E-state index < -0.39 is 0 Å². The Hall–Kier alpha value is -1.22. The van der Waals surface area contributed by atoms with Crippen LogP contribution in [0.2, 0.25) is 0 Å². The van der Waals surface area contributed by atoms with Gasteiger partial charge >= 0.3 is 0 Å². The lowest BCUT2D eigenvalue weighted by molar-refractivity contribution is 0.295. The molecule has 1 aliphatic carbocycles. The minimum atomic E-state index is 0.147. The first-order valence-electron chi connectivity index (χ1n) is 5.97. The fraction of sp³-hybridized carbons (Fsp3) is 0.538. The van der Waals surface area contributed by atoms with Crippen molar-refractivity contribution >= 4 is 6.08 Å². The first kappa shape index (κ1) is 11.3. The van der Waals surface area contributed by atoms with Gasteiger partial charge in [0, 0.05) is 6.20 Å². The molecule has 1 fully saturated rings. The van der Waals surface area contributed by atoms with Gasteiger partial charge in [-0.3, -0.25) is 0 Å². The molecule has 1 aliphatic rings. The summed E-state index contributed by atoms with van der Waals surface area (Å²) in [5.74, 6) is 0.550. The molecule has 0 aliphatic heterocycles. The average molecular weight is 218 g/mol. The van der Waals surface area contributed by atoms with Crippen molar-refractivity contribution in [3.05, 3.63) is 29.9 Å². The second-order valence-electron chi connectivity index (χ2n) is 4.35. The maximum atomic E-state index is 9.43. The van der Waals surface area contributed by atoms with E-state index in [1.807, 2.05) is 12.1 Å².